The molecule has 0 spiro atoms. The van der Waals surface area contributed by atoms with Crippen molar-refractivity contribution < 1.29 is 18.7 Å². The van der Waals surface area contributed by atoms with Gasteiger partial charge in [0, 0.05) is 19.0 Å². The lowest BCUT2D eigenvalue weighted by Crippen LogP contribution is -2.31. The summed E-state index contributed by atoms with van der Waals surface area (Å²) in [5.74, 6) is 0.715. The Hall–Kier alpha value is -2.58. The number of carbonyl (C=O) groups excluding carboxylic acids is 2. The average Bonchev–Trinajstić information content (AvgIpc) is 3.23. The second-order valence-electron chi connectivity index (χ2n) is 5.35. The van der Waals surface area contributed by atoms with Crippen LogP contribution in [-0.2, 0) is 9.59 Å². The molecule has 6 nitrogen and oxygen atoms in total. The number of methoxy groups -OCH3 is 1. The monoisotopic (exact) mass is 388 g/mol. The maximum atomic E-state index is 12.5. The first kappa shape index (κ1) is 18.2. The highest BCUT2D eigenvalue weighted by molar-refractivity contribution is 8.26. The minimum Gasteiger partial charge on any atom is -0.495 e. The lowest BCUT2D eigenvalue weighted by atomic mass is 10.2. The van der Waals surface area contributed by atoms with Gasteiger partial charge in [0.15, 0.2) is 0 Å². The molecule has 1 aliphatic rings. The molecule has 0 unspecified atom stereocenters. The quantitative estimate of drug-likeness (QED) is 0.603. The molecule has 1 saturated heterocycles. The number of carbonyl (C=O) groups is 2. The highest BCUT2D eigenvalue weighted by Crippen LogP contribution is 2.32. The summed E-state index contributed by atoms with van der Waals surface area (Å²) >= 11 is 6.46. The van der Waals surface area contributed by atoms with Crippen molar-refractivity contribution in [3.63, 3.8) is 0 Å². The first-order valence-corrected chi connectivity index (χ1v) is 9.02. The largest absolute Gasteiger partial charge is 0.495 e. The number of hydrogen-bond acceptors (Lipinski definition) is 6. The van der Waals surface area contributed by atoms with E-state index in [0.29, 0.717) is 26.4 Å². The molecule has 2 aromatic rings. The Balaban J connectivity index is 1.60. The summed E-state index contributed by atoms with van der Waals surface area (Å²) in [6.07, 6.45) is 3.31. The lowest BCUT2D eigenvalue weighted by molar-refractivity contribution is -0.122. The summed E-state index contributed by atoms with van der Waals surface area (Å²) in [6, 6.07) is 10.6. The van der Waals surface area contributed by atoms with Gasteiger partial charge in [-0.3, -0.25) is 14.5 Å². The average molecular weight is 388 g/mol. The van der Waals surface area contributed by atoms with Crippen LogP contribution in [0, 0.1) is 0 Å². The van der Waals surface area contributed by atoms with Crippen molar-refractivity contribution in [3.8, 4) is 5.75 Å². The molecule has 8 heteroatoms. The van der Waals surface area contributed by atoms with Crippen molar-refractivity contribution in [3.05, 3.63) is 53.3 Å². The van der Waals surface area contributed by atoms with Gasteiger partial charge in [-0.05, 0) is 24.3 Å². The Labute approximate surface area is 160 Å². The topological polar surface area (TPSA) is 71.8 Å². The molecule has 1 aromatic carbocycles. The predicted molar refractivity (Wildman–Crippen MR) is 105 cm³/mol. The van der Waals surface area contributed by atoms with E-state index in [9.17, 15) is 9.59 Å². The minimum absolute atomic E-state index is 0.124. The fraction of sp³-hybridized carbons (Fsp3) is 0.167. The zero-order chi connectivity index (χ0) is 18.5. The van der Waals surface area contributed by atoms with Gasteiger partial charge >= 0.3 is 0 Å². The number of furan rings is 1. The first-order chi connectivity index (χ1) is 12.6. The van der Waals surface area contributed by atoms with E-state index in [4.69, 9.17) is 21.4 Å². The van der Waals surface area contributed by atoms with E-state index in [1.807, 2.05) is 6.07 Å². The number of benzene rings is 1. The third-order valence-electron chi connectivity index (χ3n) is 3.63. The molecule has 1 aromatic heterocycles. The summed E-state index contributed by atoms with van der Waals surface area (Å²) in [7, 11) is 1.54. The van der Waals surface area contributed by atoms with E-state index in [0.717, 1.165) is 0 Å². The lowest BCUT2D eigenvalue weighted by Gasteiger charge is -2.14. The fourth-order valence-electron chi connectivity index (χ4n) is 2.37. The van der Waals surface area contributed by atoms with Gasteiger partial charge in [-0.25, -0.2) is 0 Å². The smallest absolute Gasteiger partial charge is 0.266 e. The molecular weight excluding hydrogens is 372 g/mol. The molecule has 0 radical (unpaired) electrons. The summed E-state index contributed by atoms with van der Waals surface area (Å²) < 4.78 is 10.9. The van der Waals surface area contributed by atoms with E-state index in [1.165, 1.54) is 30.0 Å². The van der Waals surface area contributed by atoms with E-state index in [-0.39, 0.29) is 24.8 Å². The molecule has 0 saturated carbocycles. The second-order valence-corrected chi connectivity index (χ2v) is 7.02. The van der Waals surface area contributed by atoms with Gasteiger partial charge in [-0.1, -0.05) is 36.1 Å². The fourth-order valence-corrected chi connectivity index (χ4v) is 3.66. The molecule has 2 heterocycles. The molecule has 0 atom stereocenters. The Kier molecular flexibility index (Phi) is 5.75. The van der Waals surface area contributed by atoms with Crippen LogP contribution in [0.1, 0.15) is 12.2 Å². The molecule has 1 aliphatic heterocycles. The van der Waals surface area contributed by atoms with Gasteiger partial charge in [0.2, 0.25) is 5.91 Å². The molecule has 0 aliphatic carbocycles. The molecule has 1 fully saturated rings. The maximum absolute atomic E-state index is 12.5. The summed E-state index contributed by atoms with van der Waals surface area (Å²) in [6.45, 7) is 0.209. The number of nitrogens with one attached hydrogen (secondary N) is 1. The van der Waals surface area contributed by atoms with Crippen LogP contribution in [0.3, 0.4) is 0 Å². The molecule has 1 N–H and O–H groups in total. The highest BCUT2D eigenvalue weighted by Gasteiger charge is 2.32. The van der Waals surface area contributed by atoms with Gasteiger partial charge < -0.3 is 14.5 Å². The highest BCUT2D eigenvalue weighted by atomic mass is 32.2. The van der Waals surface area contributed by atoms with Crippen molar-refractivity contribution in [1.29, 1.82) is 0 Å². The van der Waals surface area contributed by atoms with Crippen molar-refractivity contribution in [1.82, 2.24) is 4.90 Å². The normalized spacial score (nSPS) is 15.6. The number of amides is 2. The van der Waals surface area contributed by atoms with Crippen molar-refractivity contribution in [2.75, 3.05) is 19.0 Å². The van der Waals surface area contributed by atoms with Crippen LogP contribution in [0.2, 0.25) is 0 Å². The maximum Gasteiger partial charge on any atom is 0.266 e. The van der Waals surface area contributed by atoms with Crippen LogP contribution < -0.4 is 10.1 Å². The van der Waals surface area contributed by atoms with Gasteiger partial charge in [0.25, 0.3) is 5.91 Å². The minimum atomic E-state index is -0.224. The third-order valence-corrected chi connectivity index (χ3v) is 5.01. The van der Waals surface area contributed by atoms with Gasteiger partial charge in [-0.2, -0.15) is 0 Å². The molecule has 3 rings (SSSR count). The summed E-state index contributed by atoms with van der Waals surface area (Å²) in [5.41, 5.74) is 0.586. The van der Waals surface area contributed by atoms with Crippen LogP contribution in [0.15, 0.2) is 52.0 Å². The van der Waals surface area contributed by atoms with Crippen LogP contribution in [0.5, 0.6) is 5.75 Å². The Morgan fingerprint density at radius 1 is 1.35 bits per heavy atom. The standard InChI is InChI=1S/C18H16N2O4S2/c1-23-14-7-3-2-6-13(14)19-16(21)8-9-20-17(22)15(26-18(20)25)11-12-5-4-10-24-12/h2-7,10-11H,8-9H2,1H3,(H,19,21)/b15-11+. The Bertz CT molecular complexity index is 862. The summed E-state index contributed by atoms with van der Waals surface area (Å²) in [4.78, 5) is 26.6. The predicted octanol–water partition coefficient (Wildman–Crippen LogP) is 3.52. The number of para-hydroxylation sites is 2. The number of hydrogen-bond donors (Lipinski definition) is 1. The number of rotatable bonds is 6. The number of thioether (sulfide) groups is 1. The number of ether oxygens (including phenoxy) is 1. The van der Waals surface area contributed by atoms with Gasteiger partial charge in [0.05, 0.1) is 24.0 Å². The number of nitrogens with zero attached hydrogens (tertiary/aromatic N) is 1. The van der Waals surface area contributed by atoms with Crippen LogP contribution in [-0.4, -0.2) is 34.7 Å². The zero-order valence-electron chi connectivity index (χ0n) is 13.9. The van der Waals surface area contributed by atoms with Gasteiger partial charge in [0.1, 0.15) is 15.8 Å². The van der Waals surface area contributed by atoms with E-state index in [2.05, 4.69) is 5.32 Å². The van der Waals surface area contributed by atoms with E-state index >= 15 is 0 Å². The van der Waals surface area contributed by atoms with Crippen molar-refractivity contribution in [2.45, 2.75) is 6.42 Å². The second kappa shape index (κ2) is 8.20. The molecule has 26 heavy (non-hydrogen) atoms. The van der Waals surface area contributed by atoms with Crippen molar-refractivity contribution >= 4 is 51.9 Å². The summed E-state index contributed by atoms with van der Waals surface area (Å²) in [5, 5.41) is 2.78. The van der Waals surface area contributed by atoms with Crippen LogP contribution in [0.25, 0.3) is 6.08 Å². The first-order valence-electron chi connectivity index (χ1n) is 7.80. The Morgan fingerprint density at radius 2 is 2.15 bits per heavy atom. The van der Waals surface area contributed by atoms with Crippen LogP contribution >= 0.6 is 24.0 Å². The van der Waals surface area contributed by atoms with Crippen LogP contribution in [0.4, 0.5) is 5.69 Å². The number of anilines is 1. The number of thiocarbonyl (C=S) groups is 1. The van der Waals surface area contributed by atoms with E-state index < -0.39 is 0 Å². The van der Waals surface area contributed by atoms with E-state index in [1.54, 1.807) is 36.4 Å². The molecule has 2 amide bonds. The molecule has 134 valence electrons. The van der Waals surface area contributed by atoms with Crippen molar-refractivity contribution in [2.24, 2.45) is 0 Å². The molecular formula is C18H16N2O4S2. The van der Waals surface area contributed by atoms with Gasteiger partial charge in [-0.15, -0.1) is 0 Å². The SMILES string of the molecule is COc1ccccc1NC(=O)CCN1C(=O)/C(=C\c2ccco2)SC1=S. The zero-order valence-corrected chi connectivity index (χ0v) is 15.6. The molecule has 0 bridgehead atoms. The third kappa shape index (κ3) is 4.14. The Morgan fingerprint density at radius 3 is 2.88 bits per heavy atom.